The molecule has 0 radical (unpaired) electrons. The first-order valence-corrected chi connectivity index (χ1v) is 8.60. The van der Waals surface area contributed by atoms with Crippen molar-refractivity contribution in [2.24, 2.45) is 0 Å². The molecule has 1 aromatic heterocycles. The number of fused-ring (bicyclic) bond motifs is 2. The Labute approximate surface area is 142 Å². The van der Waals surface area contributed by atoms with Crippen LogP contribution in [0.3, 0.4) is 0 Å². The number of thiophene rings is 1. The molecule has 4 rings (SSSR count). The number of carboxylic acid groups (broad SMARTS) is 1. The third-order valence-electron chi connectivity index (χ3n) is 4.35. The number of hydrogen-bond acceptors (Lipinski definition) is 3. The maximum Gasteiger partial charge on any atom is 0.346 e. The van der Waals surface area contributed by atoms with Crippen LogP contribution >= 0.6 is 11.3 Å². The highest BCUT2D eigenvalue weighted by Gasteiger charge is 2.22. The lowest BCUT2D eigenvalue weighted by molar-refractivity contribution is 0.0703. The number of halogens is 1. The number of aromatic carboxylic acids is 1. The molecule has 122 valence electrons. The molecule has 1 aliphatic heterocycles. The van der Waals surface area contributed by atoms with Gasteiger partial charge in [0.05, 0.1) is 6.10 Å². The van der Waals surface area contributed by atoms with E-state index in [2.05, 4.69) is 0 Å². The average Bonchev–Trinajstić information content (AvgIpc) is 2.92. The number of carboxylic acids is 1. The molecule has 1 atom stereocenters. The van der Waals surface area contributed by atoms with E-state index in [1.807, 2.05) is 25.1 Å². The zero-order chi connectivity index (χ0) is 16.8. The Morgan fingerprint density at radius 1 is 1.29 bits per heavy atom. The molecule has 0 aliphatic carbocycles. The first-order valence-electron chi connectivity index (χ1n) is 7.78. The van der Waals surface area contributed by atoms with Crippen LogP contribution in [-0.4, -0.2) is 17.2 Å². The standard InChI is InChI=1S/C19H15FO3S/c1-10-2-3-11-4-5-12(8-15(11)23-10)17-14-7-6-13(20)9-16(14)24-18(17)19(21)22/h4-10H,2-3H2,1H3,(H,21,22)/t10-/m0/s1. The van der Waals surface area contributed by atoms with E-state index in [9.17, 15) is 14.3 Å². The highest BCUT2D eigenvalue weighted by molar-refractivity contribution is 7.21. The summed E-state index contributed by atoms with van der Waals surface area (Å²) in [6.45, 7) is 2.03. The van der Waals surface area contributed by atoms with Gasteiger partial charge in [0.2, 0.25) is 0 Å². The van der Waals surface area contributed by atoms with Gasteiger partial charge in [-0.15, -0.1) is 11.3 Å². The molecule has 1 N–H and O–H groups in total. The van der Waals surface area contributed by atoms with Crippen molar-refractivity contribution in [2.45, 2.75) is 25.9 Å². The number of ether oxygens (including phenoxy) is 1. The van der Waals surface area contributed by atoms with Gasteiger partial charge in [0.25, 0.3) is 0 Å². The Hall–Kier alpha value is -2.40. The van der Waals surface area contributed by atoms with Gasteiger partial charge in [-0.3, -0.25) is 0 Å². The minimum Gasteiger partial charge on any atom is -0.490 e. The van der Waals surface area contributed by atoms with Crippen LogP contribution in [0.25, 0.3) is 21.2 Å². The van der Waals surface area contributed by atoms with Crippen molar-refractivity contribution in [2.75, 3.05) is 0 Å². The summed E-state index contributed by atoms with van der Waals surface area (Å²) >= 11 is 1.10. The second-order valence-electron chi connectivity index (χ2n) is 6.04. The summed E-state index contributed by atoms with van der Waals surface area (Å²) in [5, 5.41) is 10.3. The zero-order valence-corrected chi connectivity index (χ0v) is 13.8. The third-order valence-corrected chi connectivity index (χ3v) is 5.49. The fourth-order valence-corrected chi connectivity index (χ4v) is 4.26. The first-order chi connectivity index (χ1) is 11.5. The molecule has 3 nitrogen and oxygen atoms in total. The minimum absolute atomic E-state index is 0.153. The quantitative estimate of drug-likeness (QED) is 0.703. The lowest BCUT2D eigenvalue weighted by atomic mass is 9.96. The van der Waals surface area contributed by atoms with Gasteiger partial charge < -0.3 is 9.84 Å². The molecule has 0 spiro atoms. The van der Waals surface area contributed by atoms with Crippen molar-refractivity contribution in [1.82, 2.24) is 0 Å². The molecule has 1 aliphatic rings. The number of hydrogen-bond donors (Lipinski definition) is 1. The van der Waals surface area contributed by atoms with Crippen molar-refractivity contribution in [3.63, 3.8) is 0 Å². The predicted octanol–water partition coefficient (Wildman–Crippen LogP) is 5.12. The SMILES string of the molecule is C[C@H]1CCc2ccc(-c3c(C(=O)O)sc4cc(F)ccc34)cc2O1. The second-order valence-corrected chi connectivity index (χ2v) is 7.09. The van der Waals surface area contributed by atoms with Crippen LogP contribution in [0.15, 0.2) is 36.4 Å². The summed E-state index contributed by atoms with van der Waals surface area (Å²) in [5.41, 5.74) is 2.56. The smallest absolute Gasteiger partial charge is 0.346 e. The lowest BCUT2D eigenvalue weighted by Crippen LogP contribution is -2.18. The second kappa shape index (κ2) is 5.60. The molecule has 0 unspecified atom stereocenters. The van der Waals surface area contributed by atoms with E-state index < -0.39 is 5.97 Å². The van der Waals surface area contributed by atoms with E-state index in [1.54, 1.807) is 6.07 Å². The Kier molecular flexibility index (Phi) is 3.53. The first kappa shape index (κ1) is 15.1. The fourth-order valence-electron chi connectivity index (χ4n) is 3.17. The summed E-state index contributed by atoms with van der Waals surface area (Å²) in [6.07, 6.45) is 2.09. The molecular weight excluding hydrogens is 327 g/mol. The average molecular weight is 342 g/mol. The maximum absolute atomic E-state index is 13.5. The van der Waals surface area contributed by atoms with Crippen molar-refractivity contribution in [3.05, 3.63) is 52.7 Å². The van der Waals surface area contributed by atoms with Gasteiger partial charge in [0.1, 0.15) is 16.4 Å². The van der Waals surface area contributed by atoms with Crippen LogP contribution in [0.2, 0.25) is 0 Å². The van der Waals surface area contributed by atoms with Gasteiger partial charge in [-0.2, -0.15) is 0 Å². The molecule has 0 saturated carbocycles. The summed E-state index contributed by atoms with van der Waals surface area (Å²) in [7, 11) is 0. The monoisotopic (exact) mass is 342 g/mol. The summed E-state index contributed by atoms with van der Waals surface area (Å²) in [6, 6.07) is 10.2. The van der Waals surface area contributed by atoms with Crippen LogP contribution in [0.4, 0.5) is 4.39 Å². The molecule has 0 bridgehead atoms. The zero-order valence-electron chi connectivity index (χ0n) is 13.0. The molecule has 5 heteroatoms. The van der Waals surface area contributed by atoms with Crippen LogP contribution in [0.1, 0.15) is 28.6 Å². The molecule has 3 aromatic rings. The largest absolute Gasteiger partial charge is 0.490 e. The molecule has 2 heterocycles. The van der Waals surface area contributed by atoms with Crippen molar-refractivity contribution in [1.29, 1.82) is 0 Å². The number of aryl methyl sites for hydroxylation is 1. The third kappa shape index (κ3) is 2.45. The van der Waals surface area contributed by atoms with Crippen LogP contribution < -0.4 is 4.74 Å². The summed E-state index contributed by atoms with van der Waals surface area (Å²) < 4.78 is 20.0. The fraction of sp³-hybridized carbons (Fsp3) is 0.211. The van der Waals surface area contributed by atoms with Crippen molar-refractivity contribution >= 4 is 27.4 Å². The van der Waals surface area contributed by atoms with E-state index in [1.165, 1.54) is 12.1 Å². The topological polar surface area (TPSA) is 46.5 Å². The Bertz CT molecular complexity index is 961. The van der Waals surface area contributed by atoms with Gasteiger partial charge in [-0.05, 0) is 55.2 Å². The van der Waals surface area contributed by atoms with Gasteiger partial charge in [0, 0.05) is 15.6 Å². The highest BCUT2D eigenvalue weighted by atomic mass is 32.1. The van der Waals surface area contributed by atoms with Gasteiger partial charge in [-0.25, -0.2) is 9.18 Å². The highest BCUT2D eigenvalue weighted by Crippen LogP contribution is 2.41. The van der Waals surface area contributed by atoms with Crippen molar-refractivity contribution in [3.8, 4) is 16.9 Å². The van der Waals surface area contributed by atoms with Gasteiger partial charge in [0.15, 0.2) is 0 Å². The predicted molar refractivity (Wildman–Crippen MR) is 92.6 cm³/mol. The van der Waals surface area contributed by atoms with Crippen LogP contribution in [0, 0.1) is 5.82 Å². The maximum atomic E-state index is 13.5. The van der Waals surface area contributed by atoms with Gasteiger partial charge in [-0.1, -0.05) is 12.1 Å². The molecule has 2 aromatic carbocycles. The summed E-state index contributed by atoms with van der Waals surface area (Å²) in [4.78, 5) is 11.9. The molecule has 0 amide bonds. The van der Waals surface area contributed by atoms with E-state index in [4.69, 9.17) is 4.74 Å². The van der Waals surface area contributed by atoms with Crippen LogP contribution in [-0.2, 0) is 6.42 Å². The number of rotatable bonds is 2. The minimum atomic E-state index is -1.00. The molecular formula is C19H15FO3S. The summed E-state index contributed by atoms with van der Waals surface area (Å²) in [5.74, 6) is -0.558. The Balaban J connectivity index is 1.94. The van der Waals surface area contributed by atoms with Crippen molar-refractivity contribution < 1.29 is 19.0 Å². The van der Waals surface area contributed by atoms with Crippen LogP contribution in [0.5, 0.6) is 5.75 Å². The molecule has 0 saturated heterocycles. The Morgan fingerprint density at radius 3 is 2.92 bits per heavy atom. The lowest BCUT2D eigenvalue weighted by Gasteiger charge is -2.23. The molecule has 0 fully saturated rings. The normalized spacial score (nSPS) is 16.7. The van der Waals surface area contributed by atoms with E-state index in [-0.39, 0.29) is 16.8 Å². The van der Waals surface area contributed by atoms with E-state index in [0.29, 0.717) is 10.3 Å². The van der Waals surface area contributed by atoms with E-state index in [0.717, 1.165) is 46.4 Å². The number of carbonyl (C=O) groups is 1. The van der Waals surface area contributed by atoms with E-state index >= 15 is 0 Å². The van der Waals surface area contributed by atoms with Gasteiger partial charge >= 0.3 is 5.97 Å². The number of benzene rings is 2. The Morgan fingerprint density at radius 2 is 2.12 bits per heavy atom. The molecule has 24 heavy (non-hydrogen) atoms.